The average Bonchev–Trinajstić information content (AvgIpc) is 2.56. The van der Waals surface area contributed by atoms with Crippen molar-refractivity contribution < 1.29 is 19.1 Å². The van der Waals surface area contributed by atoms with E-state index < -0.39 is 23.1 Å². The van der Waals surface area contributed by atoms with Crippen LogP contribution in [0.4, 0.5) is 4.39 Å². The van der Waals surface area contributed by atoms with Crippen molar-refractivity contribution in [2.75, 3.05) is 6.54 Å². The lowest BCUT2D eigenvalue weighted by atomic mass is 9.83. The quantitative estimate of drug-likeness (QED) is 0.821. The second-order valence-corrected chi connectivity index (χ2v) is 6.72. The molecule has 2 aromatic rings. The highest BCUT2D eigenvalue weighted by atomic mass is 35.5. The monoisotopic (exact) mass is 363 g/mol. The Balaban J connectivity index is 2.11. The highest BCUT2D eigenvalue weighted by Crippen LogP contribution is 2.25. The fourth-order valence-electron chi connectivity index (χ4n) is 2.46. The van der Waals surface area contributed by atoms with Gasteiger partial charge in [-0.15, -0.1) is 0 Å². The first-order valence-corrected chi connectivity index (χ1v) is 8.12. The SMILES string of the molecule is CC(C)(C(=O)NCC(C(=O)O)c1ccc(F)cc1)c1ccc(Cl)cc1. The van der Waals surface area contributed by atoms with E-state index in [-0.39, 0.29) is 12.5 Å². The summed E-state index contributed by atoms with van der Waals surface area (Å²) in [6.45, 7) is 3.41. The molecular weight excluding hydrogens is 345 g/mol. The minimum Gasteiger partial charge on any atom is -0.481 e. The standard InChI is InChI=1S/C19H19ClFNO3/c1-19(2,13-5-7-14(20)8-6-13)18(25)22-11-16(17(23)24)12-3-9-15(21)10-4-12/h3-10,16H,11H2,1-2H3,(H,22,25)(H,23,24). The zero-order chi connectivity index (χ0) is 18.6. The van der Waals surface area contributed by atoms with Crippen LogP contribution in [0.3, 0.4) is 0 Å². The van der Waals surface area contributed by atoms with E-state index >= 15 is 0 Å². The van der Waals surface area contributed by atoms with E-state index in [0.717, 1.165) is 5.56 Å². The minimum absolute atomic E-state index is 0.0865. The number of halogens is 2. The maximum atomic E-state index is 13.0. The van der Waals surface area contributed by atoms with E-state index in [9.17, 15) is 19.1 Å². The summed E-state index contributed by atoms with van der Waals surface area (Å²) in [5, 5.41) is 12.7. The molecule has 1 amide bonds. The number of carboxylic acids is 1. The lowest BCUT2D eigenvalue weighted by molar-refractivity contribution is -0.138. The number of benzene rings is 2. The van der Waals surface area contributed by atoms with Gasteiger partial charge in [0.05, 0.1) is 11.3 Å². The number of amides is 1. The lowest BCUT2D eigenvalue weighted by Crippen LogP contribution is -2.42. The van der Waals surface area contributed by atoms with Gasteiger partial charge in [0.1, 0.15) is 5.82 Å². The molecule has 0 aliphatic carbocycles. The van der Waals surface area contributed by atoms with Gasteiger partial charge in [0.15, 0.2) is 0 Å². The van der Waals surface area contributed by atoms with Crippen molar-refractivity contribution in [2.24, 2.45) is 0 Å². The molecule has 6 heteroatoms. The molecule has 0 radical (unpaired) electrons. The van der Waals surface area contributed by atoms with Gasteiger partial charge >= 0.3 is 5.97 Å². The summed E-state index contributed by atoms with van der Waals surface area (Å²) in [5.74, 6) is -2.79. The van der Waals surface area contributed by atoms with Crippen LogP contribution >= 0.6 is 11.6 Å². The Kier molecular flexibility index (Phi) is 5.80. The zero-order valence-electron chi connectivity index (χ0n) is 13.9. The molecule has 0 saturated heterocycles. The topological polar surface area (TPSA) is 66.4 Å². The number of carbonyl (C=O) groups is 2. The van der Waals surface area contributed by atoms with Crippen LogP contribution in [0.2, 0.25) is 5.02 Å². The number of carboxylic acid groups (broad SMARTS) is 1. The second kappa shape index (κ2) is 7.66. The molecule has 1 unspecified atom stereocenters. The molecule has 1 atom stereocenters. The predicted octanol–water partition coefficient (Wildman–Crippen LogP) is 3.74. The van der Waals surface area contributed by atoms with Crippen LogP contribution in [0.15, 0.2) is 48.5 Å². The first kappa shape index (κ1) is 18.9. The Bertz CT molecular complexity index is 757. The average molecular weight is 364 g/mol. The predicted molar refractivity (Wildman–Crippen MR) is 94.3 cm³/mol. The van der Waals surface area contributed by atoms with Crippen molar-refractivity contribution in [2.45, 2.75) is 25.2 Å². The normalized spacial score (nSPS) is 12.5. The number of aliphatic carboxylic acids is 1. The second-order valence-electron chi connectivity index (χ2n) is 6.28. The van der Waals surface area contributed by atoms with Crippen LogP contribution in [0, 0.1) is 5.82 Å². The molecule has 0 spiro atoms. The molecule has 2 rings (SSSR count). The molecule has 4 nitrogen and oxygen atoms in total. The van der Waals surface area contributed by atoms with Gasteiger partial charge in [-0.3, -0.25) is 9.59 Å². The third-order valence-electron chi connectivity index (χ3n) is 4.17. The maximum Gasteiger partial charge on any atom is 0.312 e. The lowest BCUT2D eigenvalue weighted by Gasteiger charge is -2.25. The summed E-state index contributed by atoms with van der Waals surface area (Å²) in [5.41, 5.74) is 0.345. The number of carbonyl (C=O) groups excluding carboxylic acids is 1. The Labute approximate surface area is 150 Å². The summed E-state index contributed by atoms with van der Waals surface area (Å²) in [6, 6.07) is 12.1. The highest BCUT2D eigenvalue weighted by molar-refractivity contribution is 6.30. The van der Waals surface area contributed by atoms with Crippen molar-refractivity contribution >= 4 is 23.5 Å². The first-order chi connectivity index (χ1) is 11.7. The van der Waals surface area contributed by atoms with Gasteiger partial charge in [-0.05, 0) is 49.2 Å². The fraction of sp³-hybridized carbons (Fsp3) is 0.263. The number of nitrogens with one attached hydrogen (secondary N) is 1. The van der Waals surface area contributed by atoms with E-state index in [1.807, 2.05) is 0 Å². The molecule has 0 aromatic heterocycles. The van der Waals surface area contributed by atoms with Gasteiger partial charge < -0.3 is 10.4 Å². The van der Waals surface area contributed by atoms with Gasteiger partial charge in [-0.2, -0.15) is 0 Å². The van der Waals surface area contributed by atoms with E-state index in [1.54, 1.807) is 38.1 Å². The molecule has 0 aliphatic heterocycles. The van der Waals surface area contributed by atoms with Crippen LogP contribution in [0.25, 0.3) is 0 Å². The van der Waals surface area contributed by atoms with Gasteiger partial charge in [0.25, 0.3) is 0 Å². The highest BCUT2D eigenvalue weighted by Gasteiger charge is 2.31. The van der Waals surface area contributed by atoms with Crippen molar-refractivity contribution in [3.8, 4) is 0 Å². The third-order valence-corrected chi connectivity index (χ3v) is 4.42. The largest absolute Gasteiger partial charge is 0.481 e. The maximum absolute atomic E-state index is 13.0. The Morgan fingerprint density at radius 3 is 2.20 bits per heavy atom. The van der Waals surface area contributed by atoms with Crippen molar-refractivity contribution in [3.05, 3.63) is 70.5 Å². The van der Waals surface area contributed by atoms with E-state index in [4.69, 9.17) is 11.6 Å². The molecular formula is C19H19ClFNO3. The van der Waals surface area contributed by atoms with Crippen LogP contribution in [-0.2, 0) is 15.0 Å². The van der Waals surface area contributed by atoms with Crippen LogP contribution in [0.5, 0.6) is 0 Å². The number of hydrogen-bond acceptors (Lipinski definition) is 2. The fourth-order valence-corrected chi connectivity index (χ4v) is 2.58. The molecule has 0 fully saturated rings. The summed E-state index contributed by atoms with van der Waals surface area (Å²) < 4.78 is 13.0. The number of hydrogen-bond donors (Lipinski definition) is 2. The number of rotatable bonds is 6. The molecule has 2 aromatic carbocycles. The molecule has 0 heterocycles. The van der Waals surface area contributed by atoms with Gasteiger partial charge in [-0.1, -0.05) is 35.9 Å². The van der Waals surface area contributed by atoms with Crippen LogP contribution in [-0.4, -0.2) is 23.5 Å². The molecule has 0 saturated carbocycles. The van der Waals surface area contributed by atoms with Crippen LogP contribution < -0.4 is 5.32 Å². The Hall–Kier alpha value is -2.40. The molecule has 0 aliphatic rings. The Morgan fingerprint density at radius 2 is 1.68 bits per heavy atom. The summed E-state index contributed by atoms with van der Waals surface area (Å²) in [4.78, 5) is 24.1. The van der Waals surface area contributed by atoms with Gasteiger partial charge in [0.2, 0.25) is 5.91 Å². The van der Waals surface area contributed by atoms with Crippen molar-refractivity contribution in [1.29, 1.82) is 0 Å². The smallest absolute Gasteiger partial charge is 0.312 e. The summed E-state index contributed by atoms with van der Waals surface area (Å²) in [6.07, 6.45) is 0. The van der Waals surface area contributed by atoms with Crippen LogP contribution in [0.1, 0.15) is 30.9 Å². The summed E-state index contributed by atoms with van der Waals surface area (Å²) in [7, 11) is 0. The van der Waals surface area contributed by atoms with E-state index in [0.29, 0.717) is 10.6 Å². The molecule has 0 bridgehead atoms. The summed E-state index contributed by atoms with van der Waals surface area (Å²) >= 11 is 5.87. The third kappa shape index (κ3) is 4.57. The molecule has 2 N–H and O–H groups in total. The van der Waals surface area contributed by atoms with E-state index in [2.05, 4.69) is 5.32 Å². The zero-order valence-corrected chi connectivity index (χ0v) is 14.7. The Morgan fingerprint density at radius 1 is 1.12 bits per heavy atom. The van der Waals surface area contributed by atoms with Crippen molar-refractivity contribution in [1.82, 2.24) is 5.32 Å². The molecule has 25 heavy (non-hydrogen) atoms. The minimum atomic E-state index is -1.09. The first-order valence-electron chi connectivity index (χ1n) is 7.74. The van der Waals surface area contributed by atoms with Gasteiger partial charge in [0, 0.05) is 11.6 Å². The molecule has 132 valence electrons. The van der Waals surface area contributed by atoms with Gasteiger partial charge in [-0.25, -0.2) is 4.39 Å². The van der Waals surface area contributed by atoms with Crippen molar-refractivity contribution in [3.63, 3.8) is 0 Å². The van der Waals surface area contributed by atoms with E-state index in [1.165, 1.54) is 24.3 Å².